The van der Waals surface area contributed by atoms with Gasteiger partial charge >= 0.3 is 0 Å². The van der Waals surface area contributed by atoms with Crippen molar-refractivity contribution in [1.82, 2.24) is 19.8 Å². The molecule has 1 saturated heterocycles. The zero-order chi connectivity index (χ0) is 15.5. The van der Waals surface area contributed by atoms with E-state index in [0.717, 1.165) is 0 Å². The topological polar surface area (TPSA) is 92.3 Å². The molecule has 7 nitrogen and oxygen atoms in total. The molecule has 0 saturated carbocycles. The van der Waals surface area contributed by atoms with Gasteiger partial charge in [-0.3, -0.25) is 4.79 Å². The van der Waals surface area contributed by atoms with Gasteiger partial charge in [-0.1, -0.05) is 11.6 Å². The highest BCUT2D eigenvalue weighted by Crippen LogP contribution is 2.15. The Labute approximate surface area is 128 Å². The third-order valence-corrected chi connectivity index (χ3v) is 5.50. The number of nitrogens with one attached hydrogen (secondary N) is 1. The Morgan fingerprint density at radius 3 is 2.57 bits per heavy atom. The second-order valence-corrected chi connectivity index (χ2v) is 7.43. The van der Waals surface area contributed by atoms with E-state index in [4.69, 9.17) is 11.6 Å². The molecule has 116 valence electrons. The summed E-state index contributed by atoms with van der Waals surface area (Å²) in [6.07, 6.45) is 1.18. The smallest absolute Gasteiger partial charge is 0.272 e. The maximum absolute atomic E-state index is 12.0. The predicted octanol–water partition coefficient (Wildman–Crippen LogP) is 0.674. The molecule has 0 radical (unpaired) electrons. The second kappa shape index (κ2) is 6.67. The minimum atomic E-state index is -3.15. The number of piperidine rings is 1. The third-order valence-electron chi connectivity index (χ3n) is 3.41. The molecule has 1 N–H and O–H groups in total. The fourth-order valence-corrected chi connectivity index (χ4v) is 3.39. The number of amides is 1. The van der Waals surface area contributed by atoms with Crippen molar-refractivity contribution in [2.24, 2.45) is 0 Å². The van der Waals surface area contributed by atoms with Gasteiger partial charge in [-0.25, -0.2) is 12.7 Å². The third kappa shape index (κ3) is 4.12. The minimum Gasteiger partial charge on any atom is -0.348 e. The van der Waals surface area contributed by atoms with Crippen LogP contribution >= 0.6 is 11.6 Å². The van der Waals surface area contributed by atoms with E-state index in [-0.39, 0.29) is 28.5 Å². The summed E-state index contributed by atoms with van der Waals surface area (Å²) in [6, 6.07) is 2.94. The second-order valence-electron chi connectivity index (χ2n) is 4.79. The van der Waals surface area contributed by atoms with Crippen LogP contribution in [0.1, 0.15) is 30.3 Å². The highest BCUT2D eigenvalue weighted by molar-refractivity contribution is 7.89. The Kier molecular flexibility index (Phi) is 5.13. The molecule has 0 atom stereocenters. The number of halogens is 1. The molecule has 0 bridgehead atoms. The van der Waals surface area contributed by atoms with Crippen molar-refractivity contribution in [3.63, 3.8) is 0 Å². The van der Waals surface area contributed by atoms with E-state index in [1.54, 1.807) is 6.92 Å². The van der Waals surface area contributed by atoms with Gasteiger partial charge in [0, 0.05) is 19.1 Å². The molecule has 1 fully saturated rings. The molecule has 1 aliphatic heterocycles. The minimum absolute atomic E-state index is 0.0571. The number of hydrogen-bond acceptors (Lipinski definition) is 5. The molecule has 0 unspecified atom stereocenters. The highest BCUT2D eigenvalue weighted by atomic mass is 35.5. The first-order valence-electron chi connectivity index (χ1n) is 6.70. The molecule has 0 aliphatic carbocycles. The Hall–Kier alpha value is -1.25. The van der Waals surface area contributed by atoms with Crippen LogP contribution in [-0.2, 0) is 10.0 Å². The fraction of sp³-hybridized carbons (Fsp3) is 0.583. The van der Waals surface area contributed by atoms with Crippen LogP contribution in [0, 0.1) is 0 Å². The van der Waals surface area contributed by atoms with E-state index < -0.39 is 10.0 Å². The first kappa shape index (κ1) is 16.1. The highest BCUT2D eigenvalue weighted by Gasteiger charge is 2.27. The van der Waals surface area contributed by atoms with Crippen LogP contribution in [0.2, 0.25) is 5.15 Å². The number of rotatable bonds is 4. The largest absolute Gasteiger partial charge is 0.348 e. The maximum Gasteiger partial charge on any atom is 0.272 e. The Morgan fingerprint density at radius 1 is 1.38 bits per heavy atom. The van der Waals surface area contributed by atoms with Gasteiger partial charge in [-0.2, -0.15) is 0 Å². The quantitative estimate of drug-likeness (QED) is 0.875. The van der Waals surface area contributed by atoms with E-state index in [1.807, 2.05) is 0 Å². The monoisotopic (exact) mass is 332 g/mol. The molecular formula is C12H17ClN4O3S. The molecule has 9 heteroatoms. The molecule has 1 amide bonds. The van der Waals surface area contributed by atoms with Gasteiger partial charge in [0.1, 0.15) is 0 Å². The fourth-order valence-electron chi connectivity index (χ4n) is 2.16. The standard InChI is InChI=1S/C12H17ClN4O3S/c1-2-21(19,20)17-7-5-9(6-8-17)14-12(18)10-3-4-11(13)16-15-10/h3-4,9H,2,5-8H2,1H3,(H,14,18). The SMILES string of the molecule is CCS(=O)(=O)N1CCC(NC(=O)c2ccc(Cl)nn2)CC1. The van der Waals surface area contributed by atoms with Crippen molar-refractivity contribution in [2.45, 2.75) is 25.8 Å². The summed E-state index contributed by atoms with van der Waals surface area (Å²) < 4.78 is 25.0. The molecule has 0 aromatic carbocycles. The van der Waals surface area contributed by atoms with E-state index >= 15 is 0 Å². The molecule has 1 aliphatic rings. The molecule has 2 heterocycles. The van der Waals surface area contributed by atoms with Gasteiger partial charge < -0.3 is 5.32 Å². The van der Waals surface area contributed by atoms with Crippen LogP contribution < -0.4 is 5.32 Å². The van der Waals surface area contributed by atoms with Crippen LogP contribution in [-0.4, -0.2) is 53.7 Å². The van der Waals surface area contributed by atoms with E-state index in [0.29, 0.717) is 25.9 Å². The lowest BCUT2D eigenvalue weighted by atomic mass is 10.1. The Morgan fingerprint density at radius 2 is 2.05 bits per heavy atom. The maximum atomic E-state index is 12.0. The zero-order valence-electron chi connectivity index (χ0n) is 11.6. The van der Waals surface area contributed by atoms with Gasteiger partial charge in [0.2, 0.25) is 10.0 Å². The van der Waals surface area contributed by atoms with Crippen molar-refractivity contribution in [3.8, 4) is 0 Å². The Bertz CT molecular complexity index is 597. The molecule has 1 aromatic heterocycles. The van der Waals surface area contributed by atoms with Crippen molar-refractivity contribution in [1.29, 1.82) is 0 Å². The summed E-state index contributed by atoms with van der Waals surface area (Å²) in [5.41, 5.74) is 0.197. The number of sulfonamides is 1. The molecule has 1 aromatic rings. The average Bonchev–Trinajstić information content (AvgIpc) is 2.48. The van der Waals surface area contributed by atoms with E-state index in [9.17, 15) is 13.2 Å². The molecule has 2 rings (SSSR count). The first-order chi connectivity index (χ1) is 9.92. The van der Waals surface area contributed by atoms with Crippen molar-refractivity contribution in [2.75, 3.05) is 18.8 Å². The predicted molar refractivity (Wildman–Crippen MR) is 78.6 cm³/mol. The van der Waals surface area contributed by atoms with Gasteiger partial charge in [-0.05, 0) is 31.9 Å². The first-order valence-corrected chi connectivity index (χ1v) is 8.69. The summed E-state index contributed by atoms with van der Waals surface area (Å²) in [5.74, 6) is -0.222. The molecular weight excluding hydrogens is 316 g/mol. The number of carbonyl (C=O) groups excluding carboxylic acids is 1. The number of carbonyl (C=O) groups is 1. The number of nitrogens with zero attached hydrogens (tertiary/aromatic N) is 3. The lowest BCUT2D eigenvalue weighted by Crippen LogP contribution is -2.47. The lowest BCUT2D eigenvalue weighted by Gasteiger charge is -2.31. The van der Waals surface area contributed by atoms with Gasteiger partial charge in [-0.15, -0.1) is 10.2 Å². The van der Waals surface area contributed by atoms with Crippen LogP contribution in [0.4, 0.5) is 0 Å². The van der Waals surface area contributed by atoms with Gasteiger partial charge in [0.15, 0.2) is 10.8 Å². The summed E-state index contributed by atoms with van der Waals surface area (Å²) in [4.78, 5) is 12.0. The van der Waals surface area contributed by atoms with Gasteiger partial charge in [0.25, 0.3) is 5.91 Å². The normalized spacial score (nSPS) is 17.6. The number of hydrogen-bond donors (Lipinski definition) is 1. The van der Waals surface area contributed by atoms with E-state index in [2.05, 4.69) is 15.5 Å². The Balaban J connectivity index is 1.89. The summed E-state index contributed by atoms with van der Waals surface area (Å²) in [7, 11) is -3.15. The van der Waals surface area contributed by atoms with Crippen LogP contribution in [0.5, 0.6) is 0 Å². The van der Waals surface area contributed by atoms with Crippen LogP contribution in [0.3, 0.4) is 0 Å². The summed E-state index contributed by atoms with van der Waals surface area (Å²) in [5, 5.41) is 10.4. The van der Waals surface area contributed by atoms with Crippen molar-refractivity contribution in [3.05, 3.63) is 23.0 Å². The van der Waals surface area contributed by atoms with Crippen LogP contribution in [0.25, 0.3) is 0 Å². The molecule has 0 spiro atoms. The summed E-state index contributed by atoms with van der Waals surface area (Å²) in [6.45, 7) is 2.48. The summed E-state index contributed by atoms with van der Waals surface area (Å²) >= 11 is 5.61. The number of aromatic nitrogens is 2. The van der Waals surface area contributed by atoms with E-state index in [1.165, 1.54) is 16.4 Å². The van der Waals surface area contributed by atoms with Crippen LogP contribution in [0.15, 0.2) is 12.1 Å². The lowest BCUT2D eigenvalue weighted by molar-refractivity contribution is 0.0917. The van der Waals surface area contributed by atoms with Gasteiger partial charge in [0.05, 0.1) is 5.75 Å². The van der Waals surface area contributed by atoms with Crippen molar-refractivity contribution < 1.29 is 13.2 Å². The average molecular weight is 333 g/mol. The zero-order valence-corrected chi connectivity index (χ0v) is 13.2. The molecule has 21 heavy (non-hydrogen) atoms. The van der Waals surface area contributed by atoms with Crippen molar-refractivity contribution >= 4 is 27.5 Å².